The average molecular weight is 284 g/mol. The third-order valence-corrected chi connectivity index (χ3v) is 2.59. The molecule has 0 aliphatic carbocycles. The molecular weight excluding hydrogens is 256 g/mol. The van der Waals surface area contributed by atoms with Crippen molar-refractivity contribution in [2.45, 2.75) is 6.54 Å². The van der Waals surface area contributed by atoms with Crippen LogP contribution in [0.3, 0.4) is 0 Å². The summed E-state index contributed by atoms with van der Waals surface area (Å²) in [6.07, 6.45) is 0. The molecule has 1 aromatic rings. The van der Waals surface area contributed by atoms with Gasteiger partial charge in [-0.2, -0.15) is 0 Å². The van der Waals surface area contributed by atoms with E-state index in [1.165, 1.54) is 5.56 Å². The predicted molar refractivity (Wildman–Crippen MR) is 81.5 cm³/mol. The summed E-state index contributed by atoms with van der Waals surface area (Å²) in [4.78, 5) is 3.95. The molecule has 0 amide bonds. The lowest BCUT2D eigenvalue weighted by atomic mass is 10.2. The molecule has 20 heavy (non-hydrogen) atoms. The minimum atomic E-state index is 0.0694. The number of nitrogens with zero attached hydrogens (tertiary/aromatic N) is 2. The topological polar surface area (TPSA) is 67.2 Å². The highest BCUT2D eigenvalue weighted by atomic mass is 16.3. The smallest absolute Gasteiger partial charge is 0.0558 e. The summed E-state index contributed by atoms with van der Waals surface area (Å²) < 4.78 is 0. The van der Waals surface area contributed by atoms with Crippen molar-refractivity contribution in [2.75, 3.05) is 53.6 Å². The Labute approximate surface area is 122 Å². The van der Waals surface area contributed by atoms with Crippen LogP contribution in [-0.4, -0.2) is 78.7 Å². The Morgan fingerprint density at radius 1 is 0.800 bits per heavy atom. The lowest BCUT2D eigenvalue weighted by Gasteiger charge is -2.17. The van der Waals surface area contributed by atoms with E-state index in [0.717, 1.165) is 6.54 Å². The van der Waals surface area contributed by atoms with Crippen LogP contribution in [0.5, 0.6) is 0 Å². The highest BCUT2D eigenvalue weighted by molar-refractivity contribution is 5.14. The van der Waals surface area contributed by atoms with Gasteiger partial charge in [0.1, 0.15) is 0 Å². The van der Waals surface area contributed by atoms with E-state index in [4.69, 9.17) is 15.3 Å². The third-order valence-electron chi connectivity index (χ3n) is 2.59. The van der Waals surface area contributed by atoms with Crippen molar-refractivity contribution in [3.05, 3.63) is 35.9 Å². The minimum Gasteiger partial charge on any atom is -0.395 e. The van der Waals surface area contributed by atoms with Crippen molar-refractivity contribution < 1.29 is 15.3 Å². The zero-order valence-electron chi connectivity index (χ0n) is 12.6. The van der Waals surface area contributed by atoms with Gasteiger partial charge in [-0.1, -0.05) is 30.3 Å². The van der Waals surface area contributed by atoms with Gasteiger partial charge in [-0.15, -0.1) is 0 Å². The van der Waals surface area contributed by atoms with Crippen LogP contribution in [-0.2, 0) is 6.54 Å². The Morgan fingerprint density at radius 3 is 1.60 bits per heavy atom. The SMILES string of the molecule is CN(C)Cc1ccccc1.OCCN(CCO)CCO. The Morgan fingerprint density at radius 2 is 1.25 bits per heavy atom. The fraction of sp³-hybridized carbons (Fsp3) is 0.600. The monoisotopic (exact) mass is 284 g/mol. The van der Waals surface area contributed by atoms with E-state index >= 15 is 0 Å². The molecule has 5 heteroatoms. The van der Waals surface area contributed by atoms with Gasteiger partial charge in [0.15, 0.2) is 0 Å². The van der Waals surface area contributed by atoms with Gasteiger partial charge in [0.05, 0.1) is 19.8 Å². The molecule has 0 unspecified atom stereocenters. The number of rotatable bonds is 8. The number of benzene rings is 1. The first-order valence-corrected chi connectivity index (χ1v) is 6.87. The molecule has 0 aliphatic rings. The van der Waals surface area contributed by atoms with Crippen LogP contribution in [0.1, 0.15) is 5.56 Å². The van der Waals surface area contributed by atoms with Crippen molar-refractivity contribution in [3.8, 4) is 0 Å². The number of hydrogen-bond acceptors (Lipinski definition) is 5. The van der Waals surface area contributed by atoms with E-state index in [1.807, 2.05) is 6.07 Å². The van der Waals surface area contributed by atoms with Gasteiger partial charge >= 0.3 is 0 Å². The van der Waals surface area contributed by atoms with Gasteiger partial charge in [-0.3, -0.25) is 4.90 Å². The maximum atomic E-state index is 8.48. The summed E-state index contributed by atoms with van der Waals surface area (Å²) in [7, 11) is 4.15. The molecule has 0 saturated carbocycles. The van der Waals surface area contributed by atoms with Crippen molar-refractivity contribution in [3.63, 3.8) is 0 Å². The summed E-state index contributed by atoms with van der Waals surface area (Å²) >= 11 is 0. The first kappa shape index (κ1) is 19.0. The molecule has 0 radical (unpaired) electrons. The maximum absolute atomic E-state index is 8.48. The highest BCUT2D eigenvalue weighted by Gasteiger charge is 2.00. The Hall–Kier alpha value is -0.980. The summed E-state index contributed by atoms with van der Waals surface area (Å²) in [6, 6.07) is 10.5. The van der Waals surface area contributed by atoms with E-state index in [-0.39, 0.29) is 19.8 Å². The Balaban J connectivity index is 0.000000361. The Bertz CT molecular complexity index is 293. The summed E-state index contributed by atoms with van der Waals surface area (Å²) in [5.74, 6) is 0. The van der Waals surface area contributed by atoms with Crippen molar-refractivity contribution >= 4 is 0 Å². The van der Waals surface area contributed by atoms with Crippen LogP contribution in [0.4, 0.5) is 0 Å². The summed E-state index contributed by atoms with van der Waals surface area (Å²) in [6.45, 7) is 2.78. The zero-order chi connectivity index (χ0) is 15.2. The molecule has 3 N–H and O–H groups in total. The molecule has 0 saturated heterocycles. The van der Waals surface area contributed by atoms with Crippen LogP contribution in [0.2, 0.25) is 0 Å². The quantitative estimate of drug-likeness (QED) is 0.628. The molecule has 1 aromatic carbocycles. The van der Waals surface area contributed by atoms with E-state index in [1.54, 1.807) is 4.90 Å². The van der Waals surface area contributed by atoms with Gasteiger partial charge < -0.3 is 20.2 Å². The van der Waals surface area contributed by atoms with Crippen molar-refractivity contribution in [1.29, 1.82) is 0 Å². The molecule has 116 valence electrons. The normalized spacial score (nSPS) is 10.6. The lowest BCUT2D eigenvalue weighted by Crippen LogP contribution is -2.32. The van der Waals surface area contributed by atoms with Crippen LogP contribution < -0.4 is 0 Å². The molecule has 0 aliphatic heterocycles. The van der Waals surface area contributed by atoms with Gasteiger partial charge in [0.2, 0.25) is 0 Å². The molecule has 5 nitrogen and oxygen atoms in total. The van der Waals surface area contributed by atoms with Crippen molar-refractivity contribution in [2.24, 2.45) is 0 Å². The molecular formula is C15H28N2O3. The predicted octanol–water partition coefficient (Wildman–Crippen LogP) is 0.0135. The molecule has 0 spiro atoms. The lowest BCUT2D eigenvalue weighted by molar-refractivity contribution is 0.136. The molecule has 0 aromatic heterocycles. The van der Waals surface area contributed by atoms with Crippen LogP contribution in [0.25, 0.3) is 0 Å². The molecule has 0 fully saturated rings. The number of hydrogen-bond donors (Lipinski definition) is 3. The summed E-state index contributed by atoms with van der Waals surface area (Å²) in [5, 5.41) is 25.5. The molecule has 0 heterocycles. The Kier molecular flexibility index (Phi) is 12.4. The molecule has 0 bridgehead atoms. The van der Waals surface area contributed by atoms with Gasteiger partial charge in [-0.05, 0) is 19.7 Å². The minimum absolute atomic E-state index is 0.0694. The van der Waals surface area contributed by atoms with E-state index < -0.39 is 0 Å². The second-order valence-corrected chi connectivity index (χ2v) is 4.74. The highest BCUT2D eigenvalue weighted by Crippen LogP contribution is 1.99. The maximum Gasteiger partial charge on any atom is 0.0558 e. The molecule has 1 rings (SSSR count). The fourth-order valence-electron chi connectivity index (χ4n) is 1.71. The van der Waals surface area contributed by atoms with Crippen LogP contribution in [0, 0.1) is 0 Å². The number of aliphatic hydroxyl groups is 3. The fourth-order valence-corrected chi connectivity index (χ4v) is 1.71. The largest absolute Gasteiger partial charge is 0.395 e. The van der Waals surface area contributed by atoms with Gasteiger partial charge in [0.25, 0.3) is 0 Å². The first-order valence-electron chi connectivity index (χ1n) is 6.87. The molecule has 0 atom stereocenters. The average Bonchev–Trinajstić information content (AvgIpc) is 2.41. The second-order valence-electron chi connectivity index (χ2n) is 4.74. The van der Waals surface area contributed by atoms with Crippen LogP contribution >= 0.6 is 0 Å². The zero-order valence-corrected chi connectivity index (χ0v) is 12.6. The summed E-state index contributed by atoms with van der Waals surface area (Å²) in [5.41, 5.74) is 1.37. The van der Waals surface area contributed by atoms with Gasteiger partial charge in [-0.25, -0.2) is 0 Å². The second kappa shape index (κ2) is 13.0. The van der Waals surface area contributed by atoms with E-state index in [9.17, 15) is 0 Å². The number of aliphatic hydroxyl groups excluding tert-OH is 3. The third kappa shape index (κ3) is 10.9. The van der Waals surface area contributed by atoms with Crippen LogP contribution in [0.15, 0.2) is 30.3 Å². The van der Waals surface area contributed by atoms with Gasteiger partial charge in [0, 0.05) is 26.2 Å². The van der Waals surface area contributed by atoms with E-state index in [0.29, 0.717) is 19.6 Å². The van der Waals surface area contributed by atoms with E-state index in [2.05, 4.69) is 43.3 Å². The first-order chi connectivity index (χ1) is 9.63. The van der Waals surface area contributed by atoms with Crippen molar-refractivity contribution in [1.82, 2.24) is 9.80 Å². The standard InChI is InChI=1S/C9H13N.C6H15NO3/c1-10(2)8-9-6-4-3-5-7-9;8-4-1-7(2-5-9)3-6-10/h3-7H,8H2,1-2H3;8-10H,1-6H2.